The van der Waals surface area contributed by atoms with Crippen LogP contribution in [-0.4, -0.2) is 16.2 Å². The molecule has 3 aromatic rings. The van der Waals surface area contributed by atoms with Gasteiger partial charge in [-0.1, -0.05) is 75.9 Å². The molecule has 2 N–H and O–H groups in total. The number of hydrogen-bond donors (Lipinski definition) is 2. The Balaban J connectivity index is 1.84. The maximum atomic E-state index is 11.3. The van der Waals surface area contributed by atoms with Crippen LogP contribution in [0.15, 0.2) is 66.7 Å². The zero-order chi connectivity index (χ0) is 23.8. The second-order valence-corrected chi connectivity index (χ2v) is 10.2. The smallest absolute Gasteiger partial charge is 0.335 e. The largest absolute Gasteiger partial charge is 0.478 e. The fourth-order valence-electron chi connectivity index (χ4n) is 4.78. The molecule has 4 rings (SSSR count). The van der Waals surface area contributed by atoms with Gasteiger partial charge in [-0.2, -0.15) is 0 Å². The molecule has 0 spiro atoms. The van der Waals surface area contributed by atoms with Gasteiger partial charge in [-0.25, -0.2) is 4.79 Å². The number of carboxylic acid groups (broad SMARTS) is 1. The topological polar surface area (TPSA) is 57.5 Å². The molecule has 3 nitrogen and oxygen atoms in total. The maximum absolute atomic E-state index is 11.3. The minimum atomic E-state index is -0.969. The number of aliphatic hydroxyl groups excluding tert-OH is 1. The van der Waals surface area contributed by atoms with Gasteiger partial charge in [-0.3, -0.25) is 0 Å². The maximum Gasteiger partial charge on any atom is 0.335 e. The highest BCUT2D eigenvalue weighted by molar-refractivity contribution is 5.87. The summed E-state index contributed by atoms with van der Waals surface area (Å²) in [6.45, 7) is 9.05. The molecule has 3 aromatic carbocycles. The highest BCUT2D eigenvalue weighted by atomic mass is 16.4. The van der Waals surface area contributed by atoms with Crippen molar-refractivity contribution in [3.8, 4) is 23.0 Å². The Labute approximate surface area is 196 Å². The third kappa shape index (κ3) is 4.58. The minimum absolute atomic E-state index is 0.00417. The summed E-state index contributed by atoms with van der Waals surface area (Å²) in [5, 5.41) is 20.4. The molecule has 0 radical (unpaired) electrons. The molecule has 0 heterocycles. The monoisotopic (exact) mass is 438 g/mol. The second-order valence-electron chi connectivity index (χ2n) is 10.2. The summed E-state index contributed by atoms with van der Waals surface area (Å²) in [7, 11) is 0. The average molecular weight is 439 g/mol. The first-order chi connectivity index (χ1) is 15.6. The molecule has 0 fully saturated rings. The van der Waals surface area contributed by atoms with Crippen molar-refractivity contribution in [2.75, 3.05) is 0 Å². The van der Waals surface area contributed by atoms with Crippen LogP contribution in [0.1, 0.15) is 79.3 Å². The van der Waals surface area contributed by atoms with Crippen molar-refractivity contribution in [1.82, 2.24) is 0 Å². The summed E-state index contributed by atoms with van der Waals surface area (Å²) < 4.78 is 0. The average Bonchev–Trinajstić information content (AvgIpc) is 2.80. The Bertz CT molecular complexity index is 1240. The lowest BCUT2D eigenvalue weighted by molar-refractivity contribution is 0.0697. The normalized spacial score (nSPS) is 16.8. The van der Waals surface area contributed by atoms with E-state index in [2.05, 4.69) is 63.8 Å². The number of aromatic carboxylic acids is 1. The Morgan fingerprint density at radius 2 is 1.52 bits per heavy atom. The highest BCUT2D eigenvalue weighted by Crippen LogP contribution is 2.49. The van der Waals surface area contributed by atoms with E-state index in [4.69, 9.17) is 5.11 Å². The number of aliphatic hydroxyl groups is 1. The number of fused-ring (bicyclic) bond motifs is 1. The molecule has 0 saturated carbocycles. The lowest BCUT2D eigenvalue weighted by Gasteiger charge is -2.43. The van der Waals surface area contributed by atoms with Crippen LogP contribution >= 0.6 is 0 Å². The van der Waals surface area contributed by atoms with E-state index in [9.17, 15) is 9.90 Å². The van der Waals surface area contributed by atoms with Crippen LogP contribution in [-0.2, 0) is 10.8 Å². The van der Waals surface area contributed by atoms with Crippen LogP contribution in [0, 0.1) is 11.8 Å². The number of carboxylic acids is 1. The molecular formula is C30H30O3. The molecule has 1 aliphatic carbocycles. The van der Waals surface area contributed by atoms with Gasteiger partial charge >= 0.3 is 5.97 Å². The van der Waals surface area contributed by atoms with Crippen molar-refractivity contribution in [3.63, 3.8) is 0 Å². The van der Waals surface area contributed by atoms with E-state index in [1.54, 1.807) is 12.1 Å². The van der Waals surface area contributed by atoms with Crippen molar-refractivity contribution in [3.05, 3.63) is 94.5 Å². The summed E-state index contributed by atoms with van der Waals surface area (Å²) in [4.78, 5) is 11.1. The first-order valence-electron chi connectivity index (χ1n) is 11.4. The molecule has 33 heavy (non-hydrogen) atoms. The van der Waals surface area contributed by atoms with Crippen LogP contribution in [0.4, 0.5) is 0 Å². The molecular weight excluding hydrogens is 408 g/mol. The van der Waals surface area contributed by atoms with Gasteiger partial charge in [0.05, 0.1) is 5.56 Å². The SMILES string of the molecule is CC1(C)CCC(C)(C)c2c(C(O)C#Cc3ccc(C(=O)O)cc3)cc(-c3ccccc3)cc21. The summed E-state index contributed by atoms with van der Waals surface area (Å²) >= 11 is 0. The molecule has 0 saturated heterocycles. The third-order valence-electron chi connectivity index (χ3n) is 6.84. The third-order valence-corrected chi connectivity index (χ3v) is 6.84. The first-order valence-corrected chi connectivity index (χ1v) is 11.4. The molecule has 0 amide bonds. The molecule has 0 aromatic heterocycles. The van der Waals surface area contributed by atoms with Gasteiger partial charge in [0.15, 0.2) is 0 Å². The van der Waals surface area contributed by atoms with Gasteiger partial charge in [0.2, 0.25) is 0 Å². The van der Waals surface area contributed by atoms with Crippen LogP contribution in [0.25, 0.3) is 11.1 Å². The van der Waals surface area contributed by atoms with Crippen molar-refractivity contribution in [2.45, 2.75) is 57.5 Å². The van der Waals surface area contributed by atoms with Crippen molar-refractivity contribution in [2.24, 2.45) is 0 Å². The zero-order valence-corrected chi connectivity index (χ0v) is 19.6. The molecule has 168 valence electrons. The quantitative estimate of drug-likeness (QED) is 0.460. The number of hydrogen-bond acceptors (Lipinski definition) is 2. The van der Waals surface area contributed by atoms with E-state index in [0.717, 1.165) is 29.5 Å². The minimum Gasteiger partial charge on any atom is -0.478 e. The van der Waals surface area contributed by atoms with E-state index in [1.807, 2.05) is 18.2 Å². The Morgan fingerprint density at radius 3 is 2.15 bits per heavy atom. The van der Waals surface area contributed by atoms with Crippen LogP contribution in [0.3, 0.4) is 0 Å². The highest BCUT2D eigenvalue weighted by Gasteiger charge is 2.39. The van der Waals surface area contributed by atoms with E-state index < -0.39 is 12.1 Å². The van der Waals surface area contributed by atoms with E-state index in [0.29, 0.717) is 5.56 Å². The van der Waals surface area contributed by atoms with Gasteiger partial charge in [-0.05, 0) is 81.8 Å². The van der Waals surface area contributed by atoms with E-state index in [1.165, 1.54) is 23.3 Å². The Morgan fingerprint density at radius 1 is 0.879 bits per heavy atom. The molecule has 1 aliphatic rings. The van der Waals surface area contributed by atoms with E-state index >= 15 is 0 Å². The fourth-order valence-corrected chi connectivity index (χ4v) is 4.78. The Kier molecular flexibility index (Phi) is 5.91. The van der Waals surface area contributed by atoms with Gasteiger partial charge in [-0.15, -0.1) is 0 Å². The van der Waals surface area contributed by atoms with Gasteiger partial charge < -0.3 is 10.2 Å². The zero-order valence-electron chi connectivity index (χ0n) is 19.6. The summed E-state index contributed by atoms with van der Waals surface area (Å²) in [6, 6.07) is 21.0. The van der Waals surface area contributed by atoms with Gasteiger partial charge in [0, 0.05) is 5.56 Å². The number of benzene rings is 3. The standard InChI is InChI=1S/C30H30O3/c1-29(2)16-17-30(3,4)27-24(18-23(19-25(27)29)21-8-6-5-7-9-21)26(31)15-12-20-10-13-22(14-11-20)28(32)33/h5-11,13-14,18-19,26,31H,16-17H2,1-4H3,(H,32,33). The van der Waals surface area contributed by atoms with Crippen molar-refractivity contribution < 1.29 is 15.0 Å². The molecule has 1 atom stereocenters. The second kappa shape index (κ2) is 8.54. The van der Waals surface area contributed by atoms with E-state index in [-0.39, 0.29) is 16.4 Å². The molecule has 1 unspecified atom stereocenters. The summed E-state index contributed by atoms with van der Waals surface area (Å²) in [5.41, 5.74) is 6.36. The lowest BCUT2D eigenvalue weighted by atomic mass is 9.61. The summed E-state index contributed by atoms with van der Waals surface area (Å²) in [5.74, 6) is 5.08. The number of carbonyl (C=O) groups is 1. The fraction of sp³-hybridized carbons (Fsp3) is 0.300. The van der Waals surface area contributed by atoms with Crippen molar-refractivity contribution in [1.29, 1.82) is 0 Å². The van der Waals surface area contributed by atoms with Gasteiger partial charge in [0.25, 0.3) is 0 Å². The number of rotatable bonds is 3. The van der Waals surface area contributed by atoms with Crippen LogP contribution in [0.2, 0.25) is 0 Å². The molecule has 3 heteroatoms. The predicted molar refractivity (Wildman–Crippen MR) is 132 cm³/mol. The predicted octanol–water partition coefficient (Wildman–Crippen LogP) is 6.49. The van der Waals surface area contributed by atoms with Crippen LogP contribution < -0.4 is 0 Å². The first kappa shape index (κ1) is 22.8. The molecule has 0 bridgehead atoms. The van der Waals surface area contributed by atoms with Crippen molar-refractivity contribution >= 4 is 5.97 Å². The summed E-state index contributed by atoms with van der Waals surface area (Å²) in [6.07, 6.45) is 1.18. The van der Waals surface area contributed by atoms with Gasteiger partial charge in [0.1, 0.15) is 6.10 Å². The van der Waals surface area contributed by atoms with Crippen LogP contribution in [0.5, 0.6) is 0 Å². The Hall–Kier alpha value is -3.35. The molecule has 0 aliphatic heterocycles. The lowest BCUT2D eigenvalue weighted by Crippen LogP contribution is -2.35.